The molecule has 0 unspecified atom stereocenters. The van der Waals surface area contributed by atoms with Crippen LogP contribution in [0.5, 0.6) is 0 Å². The van der Waals surface area contributed by atoms with Crippen LogP contribution in [0.25, 0.3) is 23.2 Å². The lowest BCUT2D eigenvalue weighted by Crippen LogP contribution is -2.49. The summed E-state index contributed by atoms with van der Waals surface area (Å²) in [5, 5.41) is 16.1. The lowest BCUT2D eigenvalue weighted by Gasteiger charge is -2.34. The van der Waals surface area contributed by atoms with Gasteiger partial charge in [-0.2, -0.15) is 5.10 Å². The number of nitro benzene ring substituents is 1. The molecule has 1 aliphatic heterocycles. The molecule has 1 amide bonds. The van der Waals surface area contributed by atoms with Crippen molar-refractivity contribution in [3.8, 4) is 17.1 Å². The molecule has 188 valence electrons. The standard InChI is InChI=1S/C28H28N6O3/c1-30-14-7-13-26(30)25-21-27(33(29-25)23-11-5-12-24(20-23)34(36)37)28(35)32-18-16-31(17-19-32)15-6-10-22-8-3-2-4-9-22/h2-14,20-21H,15-19H2,1H3. The Kier molecular flexibility index (Phi) is 6.96. The van der Waals surface area contributed by atoms with Crippen molar-refractivity contribution in [2.45, 2.75) is 0 Å². The summed E-state index contributed by atoms with van der Waals surface area (Å²) in [5.41, 5.74) is 3.46. The lowest BCUT2D eigenvalue weighted by atomic mass is 10.2. The van der Waals surface area contributed by atoms with E-state index in [0.29, 0.717) is 30.2 Å². The van der Waals surface area contributed by atoms with E-state index in [0.717, 1.165) is 25.3 Å². The van der Waals surface area contributed by atoms with Gasteiger partial charge in [0.25, 0.3) is 11.6 Å². The van der Waals surface area contributed by atoms with Gasteiger partial charge in [-0.25, -0.2) is 4.68 Å². The van der Waals surface area contributed by atoms with Crippen molar-refractivity contribution in [3.05, 3.63) is 106 Å². The fourth-order valence-electron chi connectivity index (χ4n) is 4.52. The van der Waals surface area contributed by atoms with Crippen LogP contribution in [-0.2, 0) is 7.05 Å². The third-order valence-corrected chi connectivity index (χ3v) is 6.55. The highest BCUT2D eigenvalue weighted by Gasteiger charge is 2.26. The maximum absolute atomic E-state index is 13.7. The molecule has 37 heavy (non-hydrogen) atoms. The van der Waals surface area contributed by atoms with Gasteiger partial charge in [0.1, 0.15) is 11.4 Å². The molecular formula is C28H28N6O3. The molecule has 4 aromatic rings. The molecular weight excluding hydrogens is 468 g/mol. The summed E-state index contributed by atoms with van der Waals surface area (Å²) in [6, 6.07) is 22.0. The van der Waals surface area contributed by atoms with Crippen molar-refractivity contribution < 1.29 is 9.72 Å². The monoisotopic (exact) mass is 496 g/mol. The van der Waals surface area contributed by atoms with Gasteiger partial charge < -0.3 is 9.47 Å². The molecule has 0 spiro atoms. The Hall–Kier alpha value is -4.50. The van der Waals surface area contributed by atoms with E-state index in [1.807, 2.05) is 53.0 Å². The van der Waals surface area contributed by atoms with Gasteiger partial charge in [-0.15, -0.1) is 0 Å². The minimum Gasteiger partial charge on any atom is -0.349 e. The van der Waals surface area contributed by atoms with Gasteiger partial charge in [0.15, 0.2) is 0 Å². The van der Waals surface area contributed by atoms with E-state index >= 15 is 0 Å². The van der Waals surface area contributed by atoms with E-state index < -0.39 is 4.92 Å². The molecule has 0 saturated carbocycles. The fourth-order valence-corrected chi connectivity index (χ4v) is 4.52. The van der Waals surface area contributed by atoms with Crippen LogP contribution in [0.4, 0.5) is 5.69 Å². The number of nitrogens with zero attached hydrogens (tertiary/aromatic N) is 6. The van der Waals surface area contributed by atoms with Crippen molar-refractivity contribution >= 4 is 17.7 Å². The second kappa shape index (κ2) is 10.6. The zero-order valence-corrected chi connectivity index (χ0v) is 20.6. The predicted octanol–water partition coefficient (Wildman–Crippen LogP) is 4.26. The molecule has 0 radical (unpaired) electrons. The summed E-state index contributed by atoms with van der Waals surface area (Å²) in [5.74, 6) is -0.140. The molecule has 2 aromatic carbocycles. The topological polar surface area (TPSA) is 89.4 Å². The molecule has 0 N–H and O–H groups in total. The quantitative estimate of drug-likeness (QED) is 0.282. The van der Waals surface area contributed by atoms with Crippen molar-refractivity contribution in [2.24, 2.45) is 7.05 Å². The number of non-ortho nitro benzene ring substituents is 1. The summed E-state index contributed by atoms with van der Waals surface area (Å²) in [7, 11) is 1.91. The minimum atomic E-state index is -0.446. The zero-order chi connectivity index (χ0) is 25.8. The molecule has 0 atom stereocenters. The number of aryl methyl sites for hydroxylation is 1. The normalized spacial score (nSPS) is 14.4. The SMILES string of the molecule is Cn1cccc1-c1cc(C(=O)N2CCN(CC=Cc3ccccc3)CC2)n(-c2cccc([N+](=O)[O-])c2)n1. The maximum Gasteiger partial charge on any atom is 0.272 e. The van der Waals surface area contributed by atoms with E-state index in [2.05, 4.69) is 29.2 Å². The number of carbonyl (C=O) groups is 1. The van der Waals surface area contributed by atoms with Crippen LogP contribution in [0.15, 0.2) is 85.1 Å². The largest absolute Gasteiger partial charge is 0.349 e. The molecule has 1 aliphatic rings. The highest BCUT2D eigenvalue weighted by molar-refractivity contribution is 5.94. The first-order valence-electron chi connectivity index (χ1n) is 12.2. The number of amides is 1. The maximum atomic E-state index is 13.7. The van der Waals surface area contributed by atoms with Gasteiger partial charge in [-0.3, -0.25) is 19.8 Å². The van der Waals surface area contributed by atoms with Crippen molar-refractivity contribution in [2.75, 3.05) is 32.7 Å². The molecule has 2 aromatic heterocycles. The predicted molar refractivity (Wildman–Crippen MR) is 142 cm³/mol. The lowest BCUT2D eigenvalue weighted by molar-refractivity contribution is -0.384. The summed E-state index contributed by atoms with van der Waals surface area (Å²) in [4.78, 5) is 28.7. The minimum absolute atomic E-state index is 0.0519. The second-order valence-corrected chi connectivity index (χ2v) is 9.01. The molecule has 0 bridgehead atoms. The number of benzene rings is 2. The van der Waals surface area contributed by atoms with Crippen LogP contribution in [0.3, 0.4) is 0 Å². The summed E-state index contributed by atoms with van der Waals surface area (Å²) < 4.78 is 3.45. The van der Waals surface area contributed by atoms with Crippen molar-refractivity contribution in [1.29, 1.82) is 0 Å². The van der Waals surface area contributed by atoms with Crippen LogP contribution < -0.4 is 0 Å². The Morgan fingerprint density at radius 3 is 2.49 bits per heavy atom. The van der Waals surface area contributed by atoms with E-state index in [9.17, 15) is 14.9 Å². The number of aromatic nitrogens is 3. The van der Waals surface area contributed by atoms with Gasteiger partial charge in [0.2, 0.25) is 0 Å². The van der Waals surface area contributed by atoms with Gasteiger partial charge in [0.05, 0.1) is 16.3 Å². The van der Waals surface area contributed by atoms with Crippen LogP contribution in [0.2, 0.25) is 0 Å². The average Bonchev–Trinajstić information content (AvgIpc) is 3.56. The van der Waals surface area contributed by atoms with E-state index in [-0.39, 0.29) is 11.6 Å². The van der Waals surface area contributed by atoms with Crippen LogP contribution in [0, 0.1) is 10.1 Å². The highest BCUT2D eigenvalue weighted by atomic mass is 16.6. The summed E-state index contributed by atoms with van der Waals surface area (Å²) in [6.07, 6.45) is 6.17. The molecule has 9 heteroatoms. The summed E-state index contributed by atoms with van der Waals surface area (Å²) >= 11 is 0. The third-order valence-electron chi connectivity index (χ3n) is 6.55. The Morgan fingerprint density at radius 1 is 1.00 bits per heavy atom. The number of piperazine rings is 1. The van der Waals surface area contributed by atoms with Gasteiger partial charge >= 0.3 is 0 Å². The molecule has 3 heterocycles. The van der Waals surface area contributed by atoms with Crippen LogP contribution in [0.1, 0.15) is 16.1 Å². The van der Waals surface area contributed by atoms with E-state index in [1.165, 1.54) is 22.4 Å². The Balaban J connectivity index is 1.35. The number of hydrogen-bond acceptors (Lipinski definition) is 5. The third kappa shape index (κ3) is 5.36. The van der Waals surface area contributed by atoms with E-state index in [4.69, 9.17) is 5.10 Å². The first-order chi connectivity index (χ1) is 18.0. The molecule has 9 nitrogen and oxygen atoms in total. The fraction of sp³-hybridized carbons (Fsp3) is 0.214. The first-order valence-corrected chi connectivity index (χ1v) is 12.2. The number of carbonyl (C=O) groups excluding carboxylic acids is 1. The number of nitro groups is 1. The van der Waals surface area contributed by atoms with E-state index in [1.54, 1.807) is 18.2 Å². The van der Waals surface area contributed by atoms with Crippen LogP contribution >= 0.6 is 0 Å². The average molecular weight is 497 g/mol. The first kappa shape index (κ1) is 24.2. The van der Waals surface area contributed by atoms with Crippen LogP contribution in [-0.4, -0.2) is 67.7 Å². The zero-order valence-electron chi connectivity index (χ0n) is 20.6. The van der Waals surface area contributed by atoms with Crippen molar-refractivity contribution in [1.82, 2.24) is 24.1 Å². The smallest absolute Gasteiger partial charge is 0.272 e. The molecule has 1 saturated heterocycles. The van der Waals surface area contributed by atoms with Gasteiger partial charge in [-0.1, -0.05) is 48.6 Å². The summed E-state index contributed by atoms with van der Waals surface area (Å²) in [6.45, 7) is 3.54. The highest BCUT2D eigenvalue weighted by Crippen LogP contribution is 2.25. The Morgan fingerprint density at radius 2 is 1.78 bits per heavy atom. The molecule has 0 aliphatic carbocycles. The van der Waals surface area contributed by atoms with Gasteiger partial charge in [-0.05, 0) is 29.8 Å². The van der Waals surface area contributed by atoms with Gasteiger partial charge in [0, 0.05) is 58.1 Å². The number of hydrogen-bond donors (Lipinski definition) is 0. The molecule has 5 rings (SSSR count). The Bertz CT molecular complexity index is 1430. The second-order valence-electron chi connectivity index (χ2n) is 9.01. The van der Waals surface area contributed by atoms with Crippen molar-refractivity contribution in [3.63, 3.8) is 0 Å². The number of rotatable bonds is 7. The molecule has 1 fully saturated rings. The Labute approximate surface area is 215 Å².